The van der Waals surface area contributed by atoms with Crippen molar-refractivity contribution in [3.05, 3.63) is 16.1 Å². The van der Waals surface area contributed by atoms with Crippen LogP contribution in [0.1, 0.15) is 38.4 Å². The number of hydrogen-bond donors (Lipinski definition) is 1. The molecule has 96 valence electrons. The second-order valence-corrected chi connectivity index (χ2v) is 6.91. The van der Waals surface area contributed by atoms with Gasteiger partial charge in [0.25, 0.3) is 0 Å². The highest BCUT2D eigenvalue weighted by molar-refractivity contribution is 7.09. The van der Waals surface area contributed by atoms with Gasteiger partial charge in [0, 0.05) is 36.5 Å². The van der Waals surface area contributed by atoms with Gasteiger partial charge in [-0.05, 0) is 6.92 Å². The van der Waals surface area contributed by atoms with E-state index in [1.165, 1.54) is 10.7 Å². The van der Waals surface area contributed by atoms with Crippen molar-refractivity contribution in [1.29, 1.82) is 0 Å². The highest BCUT2D eigenvalue weighted by Crippen LogP contribution is 2.24. The summed E-state index contributed by atoms with van der Waals surface area (Å²) in [6, 6.07) is 0.603. The maximum Gasteiger partial charge on any atom is 0.107 e. The van der Waals surface area contributed by atoms with Crippen LogP contribution >= 0.6 is 11.3 Å². The molecule has 0 aromatic carbocycles. The molecule has 1 saturated heterocycles. The Kier molecular flexibility index (Phi) is 3.85. The number of nitrogens with zero attached hydrogens (tertiary/aromatic N) is 2. The van der Waals surface area contributed by atoms with E-state index in [0.29, 0.717) is 6.04 Å². The molecule has 0 saturated carbocycles. The summed E-state index contributed by atoms with van der Waals surface area (Å²) in [5, 5.41) is 6.93. The van der Waals surface area contributed by atoms with Crippen molar-refractivity contribution in [3.8, 4) is 0 Å². The summed E-state index contributed by atoms with van der Waals surface area (Å²) in [7, 11) is 0. The van der Waals surface area contributed by atoms with Crippen LogP contribution in [-0.2, 0) is 12.0 Å². The van der Waals surface area contributed by atoms with Crippen LogP contribution < -0.4 is 5.32 Å². The summed E-state index contributed by atoms with van der Waals surface area (Å²) in [6.07, 6.45) is 0. The van der Waals surface area contributed by atoms with E-state index < -0.39 is 0 Å². The van der Waals surface area contributed by atoms with Crippen LogP contribution in [0.15, 0.2) is 5.38 Å². The van der Waals surface area contributed by atoms with E-state index in [1.54, 1.807) is 11.3 Å². The zero-order valence-electron chi connectivity index (χ0n) is 11.3. The van der Waals surface area contributed by atoms with E-state index in [-0.39, 0.29) is 5.41 Å². The molecule has 0 aliphatic carbocycles. The van der Waals surface area contributed by atoms with Crippen LogP contribution in [0.5, 0.6) is 0 Å². The van der Waals surface area contributed by atoms with Crippen LogP contribution in [0, 0.1) is 0 Å². The number of rotatable bonds is 2. The average Bonchev–Trinajstić information content (AvgIpc) is 2.65. The minimum absolute atomic E-state index is 0.172. The van der Waals surface area contributed by atoms with Crippen molar-refractivity contribution in [2.24, 2.45) is 0 Å². The lowest BCUT2D eigenvalue weighted by Crippen LogP contribution is -2.48. The van der Waals surface area contributed by atoms with Crippen molar-refractivity contribution in [3.63, 3.8) is 0 Å². The Labute approximate surface area is 108 Å². The van der Waals surface area contributed by atoms with Crippen LogP contribution in [0.3, 0.4) is 0 Å². The topological polar surface area (TPSA) is 28.2 Å². The lowest BCUT2D eigenvalue weighted by molar-refractivity contribution is 0.199. The molecule has 0 unspecified atom stereocenters. The molecule has 2 rings (SSSR count). The molecule has 3 nitrogen and oxygen atoms in total. The third-order valence-electron chi connectivity index (χ3n) is 3.13. The Morgan fingerprint density at radius 1 is 1.53 bits per heavy atom. The molecular weight excluding hydrogens is 230 g/mol. The van der Waals surface area contributed by atoms with Crippen molar-refractivity contribution in [1.82, 2.24) is 15.2 Å². The zero-order chi connectivity index (χ0) is 12.5. The first-order chi connectivity index (χ1) is 7.95. The molecule has 2 heterocycles. The summed E-state index contributed by atoms with van der Waals surface area (Å²) in [5.74, 6) is 0. The zero-order valence-corrected chi connectivity index (χ0v) is 12.1. The van der Waals surface area contributed by atoms with E-state index in [2.05, 4.69) is 43.3 Å². The molecule has 4 heteroatoms. The standard InChI is InChI=1S/C13H23N3S/c1-10-7-16(6-5-14-10)8-12-15-11(9-17-12)13(2,3)4/h9-10,14H,5-8H2,1-4H3/t10-/m0/s1. The largest absolute Gasteiger partial charge is 0.312 e. The SMILES string of the molecule is C[C@H]1CN(Cc2nc(C(C)(C)C)cs2)CCN1. The molecule has 1 aliphatic heterocycles. The Balaban J connectivity index is 1.97. The van der Waals surface area contributed by atoms with Gasteiger partial charge in [-0.1, -0.05) is 20.8 Å². The maximum atomic E-state index is 4.76. The number of piperazine rings is 1. The first-order valence-corrected chi connectivity index (χ1v) is 7.24. The molecule has 1 fully saturated rings. The maximum absolute atomic E-state index is 4.76. The van der Waals surface area contributed by atoms with Gasteiger partial charge in [-0.15, -0.1) is 11.3 Å². The normalized spacial score (nSPS) is 22.9. The van der Waals surface area contributed by atoms with Crippen LogP contribution in [0.2, 0.25) is 0 Å². The lowest BCUT2D eigenvalue weighted by Gasteiger charge is -2.31. The van der Waals surface area contributed by atoms with Crippen LogP contribution in [-0.4, -0.2) is 35.6 Å². The van der Waals surface area contributed by atoms with Crippen LogP contribution in [0.4, 0.5) is 0 Å². The van der Waals surface area contributed by atoms with Gasteiger partial charge in [-0.25, -0.2) is 4.98 Å². The first-order valence-electron chi connectivity index (χ1n) is 6.36. The lowest BCUT2D eigenvalue weighted by atomic mass is 9.93. The van der Waals surface area contributed by atoms with E-state index >= 15 is 0 Å². The van der Waals surface area contributed by atoms with Crippen molar-refractivity contribution < 1.29 is 0 Å². The predicted molar refractivity (Wildman–Crippen MR) is 73.6 cm³/mol. The summed E-state index contributed by atoms with van der Waals surface area (Å²) >= 11 is 1.80. The number of nitrogens with one attached hydrogen (secondary N) is 1. The van der Waals surface area contributed by atoms with Gasteiger partial charge in [0.05, 0.1) is 12.2 Å². The average molecular weight is 253 g/mol. The Hall–Kier alpha value is -0.450. The second kappa shape index (κ2) is 5.04. The number of thiazole rings is 1. The fourth-order valence-corrected chi connectivity index (χ4v) is 3.14. The molecule has 17 heavy (non-hydrogen) atoms. The molecule has 1 aromatic heterocycles. The molecular formula is C13H23N3S. The van der Waals surface area contributed by atoms with E-state index in [4.69, 9.17) is 4.98 Å². The second-order valence-electron chi connectivity index (χ2n) is 5.97. The Morgan fingerprint density at radius 3 is 2.88 bits per heavy atom. The molecule has 1 atom stereocenters. The molecule has 0 spiro atoms. The smallest absolute Gasteiger partial charge is 0.107 e. The highest BCUT2D eigenvalue weighted by Gasteiger charge is 2.20. The summed E-state index contributed by atoms with van der Waals surface area (Å²) in [6.45, 7) is 13.3. The molecule has 0 bridgehead atoms. The van der Waals surface area contributed by atoms with Gasteiger partial charge >= 0.3 is 0 Å². The van der Waals surface area contributed by atoms with Gasteiger partial charge in [-0.3, -0.25) is 4.90 Å². The minimum Gasteiger partial charge on any atom is -0.312 e. The third kappa shape index (κ3) is 3.50. The Bertz CT molecular complexity index is 367. The molecule has 0 amide bonds. The third-order valence-corrected chi connectivity index (χ3v) is 3.97. The van der Waals surface area contributed by atoms with Crippen molar-refractivity contribution in [2.75, 3.05) is 19.6 Å². The molecule has 1 aliphatic rings. The van der Waals surface area contributed by atoms with Gasteiger partial charge in [-0.2, -0.15) is 0 Å². The summed E-state index contributed by atoms with van der Waals surface area (Å²) < 4.78 is 0. The van der Waals surface area contributed by atoms with Gasteiger partial charge in [0.15, 0.2) is 0 Å². The first kappa shape index (κ1) is 13.0. The van der Waals surface area contributed by atoms with Crippen molar-refractivity contribution in [2.45, 2.75) is 45.7 Å². The molecule has 1 aromatic rings. The van der Waals surface area contributed by atoms with E-state index in [1.807, 2.05) is 0 Å². The monoisotopic (exact) mass is 253 g/mol. The van der Waals surface area contributed by atoms with Crippen molar-refractivity contribution >= 4 is 11.3 Å². The molecule has 1 N–H and O–H groups in total. The quantitative estimate of drug-likeness (QED) is 0.876. The molecule has 0 radical (unpaired) electrons. The minimum atomic E-state index is 0.172. The van der Waals surface area contributed by atoms with E-state index in [0.717, 1.165) is 26.2 Å². The predicted octanol–water partition coefficient (Wildman–Crippen LogP) is 2.23. The number of aromatic nitrogens is 1. The fraction of sp³-hybridized carbons (Fsp3) is 0.769. The number of hydrogen-bond acceptors (Lipinski definition) is 4. The van der Waals surface area contributed by atoms with Gasteiger partial charge in [0.2, 0.25) is 0 Å². The highest BCUT2D eigenvalue weighted by atomic mass is 32.1. The van der Waals surface area contributed by atoms with E-state index in [9.17, 15) is 0 Å². The summed E-state index contributed by atoms with van der Waals surface area (Å²) in [4.78, 5) is 7.25. The summed E-state index contributed by atoms with van der Waals surface area (Å²) in [5.41, 5.74) is 1.39. The fourth-order valence-electron chi connectivity index (χ4n) is 2.08. The van der Waals surface area contributed by atoms with Crippen LogP contribution in [0.25, 0.3) is 0 Å². The Morgan fingerprint density at radius 2 is 2.29 bits per heavy atom. The van der Waals surface area contributed by atoms with Gasteiger partial charge in [0.1, 0.15) is 5.01 Å². The van der Waals surface area contributed by atoms with Gasteiger partial charge < -0.3 is 5.32 Å².